The average Bonchev–Trinajstić information content (AvgIpc) is 3.40. The fraction of sp³-hybridized carbons (Fsp3) is 0.350. The highest BCUT2D eigenvalue weighted by molar-refractivity contribution is 7.12. The van der Waals surface area contributed by atoms with Gasteiger partial charge in [-0.1, -0.05) is 6.07 Å². The topological polar surface area (TPSA) is 75.9 Å². The predicted molar refractivity (Wildman–Crippen MR) is 106 cm³/mol. The first kappa shape index (κ1) is 18.6. The van der Waals surface area contributed by atoms with Crippen molar-refractivity contribution in [2.24, 2.45) is 0 Å². The fourth-order valence-electron chi connectivity index (χ4n) is 3.25. The molecule has 1 aromatic carbocycles. The highest BCUT2D eigenvalue weighted by Gasteiger charge is 2.26. The minimum absolute atomic E-state index is 0.0359. The summed E-state index contributed by atoms with van der Waals surface area (Å²) in [6.45, 7) is 2.64. The maximum Gasteiger partial charge on any atom is 0.264 e. The lowest BCUT2D eigenvalue weighted by Gasteiger charge is -2.34. The summed E-state index contributed by atoms with van der Waals surface area (Å²) in [5, 5.41) is 1.90. The molecule has 3 aromatic rings. The summed E-state index contributed by atoms with van der Waals surface area (Å²) >= 11 is 1.44. The second-order valence-electron chi connectivity index (χ2n) is 6.59. The van der Waals surface area contributed by atoms with Crippen molar-refractivity contribution in [3.63, 3.8) is 0 Å². The standard InChI is InChI=1S/C20H21N3O4S/c1-26-11-6-18-21-15-5-4-14(13-16(15)27-18)19(24)22-7-9-23(10-8-22)20(25)17-3-2-12-28-17/h2-5,12-13H,6-11H2,1H3. The van der Waals surface area contributed by atoms with Crippen LogP contribution in [-0.2, 0) is 11.2 Å². The summed E-state index contributed by atoms with van der Waals surface area (Å²) in [6.07, 6.45) is 0.592. The summed E-state index contributed by atoms with van der Waals surface area (Å²) in [6, 6.07) is 9.02. The Hall–Kier alpha value is -2.71. The van der Waals surface area contributed by atoms with Crippen LogP contribution in [0.2, 0.25) is 0 Å². The molecule has 1 fully saturated rings. The van der Waals surface area contributed by atoms with E-state index in [4.69, 9.17) is 9.15 Å². The normalized spacial score (nSPS) is 14.6. The molecule has 0 unspecified atom stereocenters. The van der Waals surface area contributed by atoms with E-state index >= 15 is 0 Å². The van der Waals surface area contributed by atoms with Gasteiger partial charge in [-0.2, -0.15) is 0 Å². The molecule has 28 heavy (non-hydrogen) atoms. The molecule has 2 amide bonds. The highest BCUT2D eigenvalue weighted by atomic mass is 32.1. The van der Waals surface area contributed by atoms with E-state index in [0.29, 0.717) is 56.2 Å². The van der Waals surface area contributed by atoms with E-state index in [0.717, 1.165) is 10.4 Å². The van der Waals surface area contributed by atoms with Crippen LogP contribution in [0.3, 0.4) is 0 Å². The zero-order valence-corrected chi connectivity index (χ0v) is 16.4. The Morgan fingerprint density at radius 1 is 1.14 bits per heavy atom. The lowest BCUT2D eigenvalue weighted by Crippen LogP contribution is -2.50. The first-order chi connectivity index (χ1) is 13.7. The largest absolute Gasteiger partial charge is 0.441 e. The number of nitrogens with zero attached hydrogens (tertiary/aromatic N) is 3. The molecule has 8 heteroatoms. The van der Waals surface area contributed by atoms with Gasteiger partial charge in [-0.05, 0) is 29.6 Å². The van der Waals surface area contributed by atoms with E-state index in [1.54, 1.807) is 35.1 Å². The molecule has 0 spiro atoms. The average molecular weight is 399 g/mol. The van der Waals surface area contributed by atoms with Crippen LogP contribution < -0.4 is 0 Å². The molecule has 1 saturated heterocycles. The van der Waals surface area contributed by atoms with E-state index in [1.165, 1.54) is 11.3 Å². The zero-order chi connectivity index (χ0) is 19.5. The lowest BCUT2D eigenvalue weighted by molar-refractivity contribution is 0.0538. The Balaban J connectivity index is 1.41. The second kappa shape index (κ2) is 8.12. The number of fused-ring (bicyclic) bond motifs is 1. The molecule has 3 heterocycles. The Bertz CT molecular complexity index is 975. The van der Waals surface area contributed by atoms with Crippen LogP contribution in [0.1, 0.15) is 25.9 Å². The number of benzene rings is 1. The molecule has 1 aliphatic rings. The van der Waals surface area contributed by atoms with Gasteiger partial charge in [0.2, 0.25) is 0 Å². The number of ether oxygens (including phenoxy) is 1. The van der Waals surface area contributed by atoms with Crippen molar-refractivity contribution in [3.05, 3.63) is 52.0 Å². The van der Waals surface area contributed by atoms with Crippen LogP contribution in [0.5, 0.6) is 0 Å². The molecule has 0 atom stereocenters. The van der Waals surface area contributed by atoms with Crippen LogP contribution in [0, 0.1) is 0 Å². The minimum Gasteiger partial charge on any atom is -0.441 e. The van der Waals surface area contributed by atoms with Crippen molar-refractivity contribution in [2.45, 2.75) is 6.42 Å². The number of aromatic nitrogens is 1. The number of thiophene rings is 1. The predicted octanol–water partition coefficient (Wildman–Crippen LogP) is 2.68. The third-order valence-electron chi connectivity index (χ3n) is 4.79. The molecule has 0 aliphatic carbocycles. The quantitative estimate of drug-likeness (QED) is 0.659. The van der Waals surface area contributed by atoms with Gasteiger partial charge in [-0.25, -0.2) is 4.98 Å². The van der Waals surface area contributed by atoms with Crippen molar-refractivity contribution in [1.29, 1.82) is 0 Å². The molecular formula is C20H21N3O4S. The van der Waals surface area contributed by atoms with Crippen LogP contribution in [0.15, 0.2) is 40.1 Å². The van der Waals surface area contributed by atoms with E-state index in [1.807, 2.05) is 17.5 Å². The zero-order valence-electron chi connectivity index (χ0n) is 15.6. The molecule has 0 saturated carbocycles. The summed E-state index contributed by atoms with van der Waals surface area (Å²) in [4.78, 5) is 34.0. The number of hydrogen-bond acceptors (Lipinski definition) is 6. The molecule has 0 N–H and O–H groups in total. The SMILES string of the molecule is COCCc1nc2ccc(C(=O)N3CCN(C(=O)c4cccs4)CC3)cc2o1. The van der Waals surface area contributed by atoms with Gasteiger partial charge in [0, 0.05) is 45.3 Å². The third kappa shape index (κ3) is 3.79. The minimum atomic E-state index is -0.0556. The molecule has 2 aromatic heterocycles. The maximum atomic E-state index is 12.9. The fourth-order valence-corrected chi connectivity index (χ4v) is 3.94. The second-order valence-corrected chi connectivity index (χ2v) is 7.54. The van der Waals surface area contributed by atoms with Crippen molar-refractivity contribution in [1.82, 2.24) is 14.8 Å². The molecule has 146 valence electrons. The van der Waals surface area contributed by atoms with Gasteiger partial charge in [-0.15, -0.1) is 11.3 Å². The molecule has 4 rings (SSSR count). The number of methoxy groups -OCH3 is 1. The summed E-state index contributed by atoms with van der Waals surface area (Å²) < 4.78 is 10.8. The number of amides is 2. The lowest BCUT2D eigenvalue weighted by atomic mass is 10.1. The van der Waals surface area contributed by atoms with Gasteiger partial charge in [0.15, 0.2) is 11.5 Å². The molecule has 7 nitrogen and oxygen atoms in total. The van der Waals surface area contributed by atoms with Crippen LogP contribution in [0.25, 0.3) is 11.1 Å². The number of rotatable bonds is 5. The van der Waals surface area contributed by atoms with Crippen LogP contribution in [-0.4, -0.2) is 66.5 Å². The van der Waals surface area contributed by atoms with E-state index in [9.17, 15) is 9.59 Å². The maximum absolute atomic E-state index is 12.9. The van der Waals surface area contributed by atoms with Crippen molar-refractivity contribution >= 4 is 34.3 Å². The van der Waals surface area contributed by atoms with Gasteiger partial charge < -0.3 is 19.0 Å². The van der Waals surface area contributed by atoms with E-state index in [2.05, 4.69) is 4.98 Å². The monoisotopic (exact) mass is 399 g/mol. The Kier molecular flexibility index (Phi) is 5.40. The molecule has 1 aliphatic heterocycles. The number of piperazine rings is 1. The van der Waals surface area contributed by atoms with Gasteiger partial charge >= 0.3 is 0 Å². The van der Waals surface area contributed by atoms with Crippen LogP contribution in [0.4, 0.5) is 0 Å². The summed E-state index contributed by atoms with van der Waals surface area (Å²) in [7, 11) is 1.63. The van der Waals surface area contributed by atoms with Crippen molar-refractivity contribution in [2.75, 3.05) is 39.9 Å². The smallest absolute Gasteiger partial charge is 0.264 e. The molecule has 0 radical (unpaired) electrons. The Morgan fingerprint density at radius 2 is 1.89 bits per heavy atom. The van der Waals surface area contributed by atoms with Gasteiger partial charge in [0.1, 0.15) is 5.52 Å². The Labute approximate surface area is 166 Å². The Morgan fingerprint density at radius 3 is 2.57 bits per heavy atom. The first-order valence-corrected chi connectivity index (χ1v) is 10.0. The third-order valence-corrected chi connectivity index (χ3v) is 5.64. The first-order valence-electron chi connectivity index (χ1n) is 9.16. The molecular weight excluding hydrogens is 378 g/mol. The number of carbonyl (C=O) groups excluding carboxylic acids is 2. The summed E-state index contributed by atoms with van der Waals surface area (Å²) in [5.41, 5.74) is 1.90. The van der Waals surface area contributed by atoms with Gasteiger partial charge in [0.05, 0.1) is 11.5 Å². The van der Waals surface area contributed by atoms with Gasteiger partial charge in [0.25, 0.3) is 11.8 Å². The number of carbonyl (C=O) groups is 2. The van der Waals surface area contributed by atoms with E-state index < -0.39 is 0 Å². The highest BCUT2D eigenvalue weighted by Crippen LogP contribution is 2.20. The van der Waals surface area contributed by atoms with Gasteiger partial charge in [-0.3, -0.25) is 9.59 Å². The molecule has 0 bridgehead atoms. The van der Waals surface area contributed by atoms with Crippen molar-refractivity contribution in [3.8, 4) is 0 Å². The van der Waals surface area contributed by atoms with Crippen LogP contribution >= 0.6 is 11.3 Å². The number of hydrogen-bond donors (Lipinski definition) is 0. The number of oxazole rings is 1. The van der Waals surface area contributed by atoms with E-state index in [-0.39, 0.29) is 11.8 Å². The summed E-state index contributed by atoms with van der Waals surface area (Å²) in [5.74, 6) is 0.580. The van der Waals surface area contributed by atoms with Crippen molar-refractivity contribution < 1.29 is 18.7 Å².